The molecule has 0 bridgehead atoms. The van der Waals surface area contributed by atoms with Gasteiger partial charge in [0.15, 0.2) is 0 Å². The smallest absolute Gasteiger partial charge is 0.201 e. The summed E-state index contributed by atoms with van der Waals surface area (Å²) in [5, 5.41) is 0. The molecule has 0 fully saturated rings. The third-order valence-corrected chi connectivity index (χ3v) is 3.71. The van der Waals surface area contributed by atoms with E-state index in [1.54, 1.807) is 14.2 Å². The van der Waals surface area contributed by atoms with Crippen molar-refractivity contribution in [3.8, 4) is 22.8 Å². The number of rotatable bonds is 5. The van der Waals surface area contributed by atoms with E-state index in [1.165, 1.54) is 0 Å². The van der Waals surface area contributed by atoms with Crippen LogP contribution in [0.1, 0.15) is 5.56 Å². The highest BCUT2D eigenvalue weighted by Crippen LogP contribution is 2.25. The van der Waals surface area contributed by atoms with Crippen molar-refractivity contribution < 1.29 is 9.47 Å². The van der Waals surface area contributed by atoms with Gasteiger partial charge in [0, 0.05) is 17.3 Å². The van der Waals surface area contributed by atoms with Gasteiger partial charge in [-0.3, -0.25) is 0 Å². The second-order valence-electron chi connectivity index (χ2n) is 5.16. The number of hydrogen-bond donors (Lipinski definition) is 1. The normalized spacial score (nSPS) is 10.5. The van der Waals surface area contributed by atoms with Gasteiger partial charge in [0.25, 0.3) is 0 Å². The first-order chi connectivity index (χ1) is 11.2. The van der Waals surface area contributed by atoms with E-state index in [0.29, 0.717) is 12.5 Å². The Kier molecular flexibility index (Phi) is 4.19. The molecule has 5 nitrogen and oxygen atoms in total. The Hall–Kier alpha value is -2.95. The molecule has 2 N–H and O–H groups in total. The summed E-state index contributed by atoms with van der Waals surface area (Å²) >= 11 is 0. The van der Waals surface area contributed by atoms with Crippen LogP contribution in [0.5, 0.6) is 11.5 Å². The molecular formula is C18H19N3O2. The number of methoxy groups -OCH3 is 2. The second kappa shape index (κ2) is 6.44. The molecule has 3 aromatic rings. The summed E-state index contributed by atoms with van der Waals surface area (Å²) in [7, 11) is 3.31. The van der Waals surface area contributed by atoms with E-state index in [2.05, 4.69) is 4.98 Å². The van der Waals surface area contributed by atoms with Crippen molar-refractivity contribution in [2.45, 2.75) is 6.54 Å². The van der Waals surface area contributed by atoms with Crippen LogP contribution in [-0.4, -0.2) is 23.8 Å². The molecule has 0 atom stereocenters. The molecule has 5 heteroatoms. The van der Waals surface area contributed by atoms with Gasteiger partial charge in [-0.1, -0.05) is 30.3 Å². The summed E-state index contributed by atoms with van der Waals surface area (Å²) in [6.07, 6.45) is 1.94. The lowest BCUT2D eigenvalue weighted by Crippen LogP contribution is -2.04. The van der Waals surface area contributed by atoms with Gasteiger partial charge in [0.05, 0.1) is 26.5 Å². The molecule has 0 amide bonds. The van der Waals surface area contributed by atoms with Gasteiger partial charge in [-0.05, 0) is 18.2 Å². The fourth-order valence-corrected chi connectivity index (χ4v) is 2.50. The zero-order valence-corrected chi connectivity index (χ0v) is 13.2. The van der Waals surface area contributed by atoms with Crippen LogP contribution in [0, 0.1) is 0 Å². The van der Waals surface area contributed by atoms with Gasteiger partial charge in [0.2, 0.25) is 5.95 Å². The molecule has 0 saturated carbocycles. The number of nitrogens with two attached hydrogens (primary N) is 1. The highest BCUT2D eigenvalue weighted by Gasteiger charge is 2.10. The number of aromatic nitrogens is 2. The van der Waals surface area contributed by atoms with E-state index >= 15 is 0 Å². The van der Waals surface area contributed by atoms with Crippen LogP contribution in [0.15, 0.2) is 54.7 Å². The summed E-state index contributed by atoms with van der Waals surface area (Å²) in [5.41, 5.74) is 8.90. The maximum Gasteiger partial charge on any atom is 0.201 e. The summed E-state index contributed by atoms with van der Waals surface area (Å²) in [5.74, 6) is 2.10. The molecule has 1 heterocycles. The minimum absolute atomic E-state index is 0.466. The lowest BCUT2D eigenvalue weighted by Gasteiger charge is -2.09. The van der Waals surface area contributed by atoms with E-state index in [-0.39, 0.29) is 0 Å². The van der Waals surface area contributed by atoms with Crippen molar-refractivity contribution in [1.82, 2.24) is 9.55 Å². The van der Waals surface area contributed by atoms with Crippen LogP contribution < -0.4 is 15.2 Å². The quantitative estimate of drug-likeness (QED) is 0.786. The van der Waals surface area contributed by atoms with Gasteiger partial charge < -0.3 is 19.8 Å². The first kappa shape index (κ1) is 15.0. The molecule has 0 radical (unpaired) electrons. The van der Waals surface area contributed by atoms with Crippen molar-refractivity contribution in [2.24, 2.45) is 0 Å². The van der Waals surface area contributed by atoms with Crippen molar-refractivity contribution in [3.05, 3.63) is 60.3 Å². The molecule has 1 aromatic heterocycles. The Morgan fingerprint density at radius 2 is 1.87 bits per heavy atom. The molecule has 0 unspecified atom stereocenters. The lowest BCUT2D eigenvalue weighted by molar-refractivity contribution is 0.408. The van der Waals surface area contributed by atoms with Gasteiger partial charge >= 0.3 is 0 Å². The highest BCUT2D eigenvalue weighted by molar-refractivity contribution is 5.62. The second-order valence-corrected chi connectivity index (χ2v) is 5.16. The number of benzene rings is 2. The summed E-state index contributed by atoms with van der Waals surface area (Å²) in [6, 6.07) is 15.6. The van der Waals surface area contributed by atoms with E-state index in [1.807, 2.05) is 59.3 Å². The number of nitrogens with zero attached hydrogens (tertiary/aromatic N) is 2. The first-order valence-electron chi connectivity index (χ1n) is 7.30. The van der Waals surface area contributed by atoms with Crippen LogP contribution in [0.2, 0.25) is 0 Å². The Labute approximate surface area is 135 Å². The molecular weight excluding hydrogens is 290 g/mol. The van der Waals surface area contributed by atoms with E-state index in [9.17, 15) is 0 Å². The van der Waals surface area contributed by atoms with Crippen LogP contribution in [-0.2, 0) is 6.54 Å². The van der Waals surface area contributed by atoms with Gasteiger partial charge in [-0.15, -0.1) is 0 Å². The maximum absolute atomic E-state index is 6.07. The van der Waals surface area contributed by atoms with E-state index in [4.69, 9.17) is 15.2 Å². The summed E-state index contributed by atoms with van der Waals surface area (Å²) in [6.45, 7) is 0.604. The topological polar surface area (TPSA) is 62.3 Å². The third-order valence-electron chi connectivity index (χ3n) is 3.71. The van der Waals surface area contributed by atoms with Crippen molar-refractivity contribution in [2.75, 3.05) is 20.0 Å². The fourth-order valence-electron chi connectivity index (χ4n) is 2.50. The SMILES string of the molecule is COc1cccc(-c2cn(Cc3ccccc3OC)c(N)n2)c1. The first-order valence-corrected chi connectivity index (χ1v) is 7.30. The van der Waals surface area contributed by atoms with Crippen LogP contribution in [0.4, 0.5) is 5.95 Å². The summed E-state index contributed by atoms with van der Waals surface area (Å²) < 4.78 is 12.6. The van der Waals surface area contributed by atoms with Crippen LogP contribution in [0.3, 0.4) is 0 Å². The molecule has 3 rings (SSSR count). The number of nitrogen functional groups attached to an aromatic ring is 1. The zero-order chi connectivity index (χ0) is 16.2. The number of anilines is 1. The van der Waals surface area contributed by atoms with Gasteiger partial charge in [-0.2, -0.15) is 0 Å². The number of hydrogen-bond acceptors (Lipinski definition) is 4. The Morgan fingerprint density at radius 3 is 2.65 bits per heavy atom. The lowest BCUT2D eigenvalue weighted by atomic mass is 10.1. The monoisotopic (exact) mass is 309 g/mol. The van der Waals surface area contributed by atoms with E-state index < -0.39 is 0 Å². The molecule has 0 saturated heterocycles. The zero-order valence-electron chi connectivity index (χ0n) is 13.2. The molecule has 118 valence electrons. The van der Waals surface area contributed by atoms with Crippen LogP contribution >= 0.6 is 0 Å². The van der Waals surface area contributed by atoms with Gasteiger partial charge in [0.1, 0.15) is 11.5 Å². The Morgan fingerprint density at radius 1 is 1.04 bits per heavy atom. The molecule has 0 aliphatic carbocycles. The third kappa shape index (κ3) is 3.13. The minimum Gasteiger partial charge on any atom is -0.497 e. The van der Waals surface area contributed by atoms with E-state index in [0.717, 1.165) is 28.3 Å². The molecule has 0 aliphatic heterocycles. The molecule has 23 heavy (non-hydrogen) atoms. The van der Waals surface area contributed by atoms with Crippen molar-refractivity contribution in [1.29, 1.82) is 0 Å². The Balaban J connectivity index is 1.92. The predicted molar refractivity (Wildman–Crippen MR) is 90.7 cm³/mol. The maximum atomic E-state index is 6.07. The number of para-hydroxylation sites is 1. The highest BCUT2D eigenvalue weighted by atomic mass is 16.5. The standard InChI is InChI=1S/C18H19N3O2/c1-22-15-8-5-7-13(10-15)16-12-21(18(19)20-16)11-14-6-3-4-9-17(14)23-2/h3-10,12H,11H2,1-2H3,(H2,19,20). The summed E-state index contributed by atoms with van der Waals surface area (Å²) in [4.78, 5) is 4.45. The number of imidazole rings is 1. The molecule has 0 spiro atoms. The fraction of sp³-hybridized carbons (Fsp3) is 0.167. The molecule has 2 aromatic carbocycles. The molecule has 0 aliphatic rings. The minimum atomic E-state index is 0.466. The van der Waals surface area contributed by atoms with Crippen LogP contribution in [0.25, 0.3) is 11.3 Å². The average Bonchev–Trinajstić information content (AvgIpc) is 2.96. The average molecular weight is 309 g/mol. The number of ether oxygens (including phenoxy) is 2. The van der Waals surface area contributed by atoms with Crippen molar-refractivity contribution >= 4 is 5.95 Å². The van der Waals surface area contributed by atoms with Gasteiger partial charge in [-0.25, -0.2) is 4.98 Å². The Bertz CT molecular complexity index is 812. The largest absolute Gasteiger partial charge is 0.497 e. The van der Waals surface area contributed by atoms with Crippen molar-refractivity contribution in [3.63, 3.8) is 0 Å². The predicted octanol–water partition coefficient (Wildman–Crippen LogP) is 3.20.